The van der Waals surface area contributed by atoms with Crippen molar-refractivity contribution in [2.45, 2.75) is 13.8 Å². The first-order valence-corrected chi connectivity index (χ1v) is 7.17. The lowest BCUT2D eigenvalue weighted by atomic mass is 10.1. The zero-order valence-electron chi connectivity index (χ0n) is 12.6. The van der Waals surface area contributed by atoms with Crippen molar-refractivity contribution in [1.29, 1.82) is 0 Å². The van der Waals surface area contributed by atoms with Crippen LogP contribution in [-0.2, 0) is 0 Å². The molecule has 0 bridgehead atoms. The Kier molecular flexibility index (Phi) is 3.87. The first-order valence-electron chi connectivity index (χ1n) is 7.17. The Morgan fingerprint density at radius 2 is 1.77 bits per heavy atom. The zero-order valence-corrected chi connectivity index (χ0v) is 12.6. The van der Waals surface area contributed by atoms with Crippen LogP contribution in [0.25, 0.3) is 0 Å². The lowest BCUT2D eigenvalue weighted by molar-refractivity contribution is 0.171. The van der Waals surface area contributed by atoms with Crippen LogP contribution in [0.1, 0.15) is 11.1 Å². The molecule has 0 aromatic heterocycles. The topological polar surface area (TPSA) is 59.6 Å². The molecule has 3 rings (SSSR count). The summed E-state index contributed by atoms with van der Waals surface area (Å²) in [5.41, 5.74) is 3.65. The molecule has 0 fully saturated rings. The van der Waals surface area contributed by atoms with E-state index in [1.807, 2.05) is 32.0 Å². The predicted molar refractivity (Wildman–Crippen MR) is 86.0 cm³/mol. The number of ether oxygens (including phenoxy) is 2. The largest absolute Gasteiger partial charge is 0.486 e. The highest BCUT2D eigenvalue weighted by atomic mass is 16.6. The third kappa shape index (κ3) is 2.98. The molecule has 5 nitrogen and oxygen atoms in total. The molecule has 0 aliphatic carbocycles. The van der Waals surface area contributed by atoms with Crippen molar-refractivity contribution in [2.75, 3.05) is 23.8 Å². The third-order valence-electron chi connectivity index (χ3n) is 3.65. The highest BCUT2D eigenvalue weighted by Crippen LogP contribution is 2.32. The second-order valence-corrected chi connectivity index (χ2v) is 5.19. The van der Waals surface area contributed by atoms with Crippen molar-refractivity contribution in [2.24, 2.45) is 0 Å². The molecule has 2 aromatic rings. The molecule has 2 amide bonds. The Bertz CT molecular complexity index is 713. The molecule has 5 heteroatoms. The highest BCUT2D eigenvalue weighted by Gasteiger charge is 2.13. The molecule has 114 valence electrons. The fraction of sp³-hybridized carbons (Fsp3) is 0.235. The van der Waals surface area contributed by atoms with E-state index in [9.17, 15) is 4.79 Å². The summed E-state index contributed by atoms with van der Waals surface area (Å²) in [4.78, 5) is 12.1. The minimum Gasteiger partial charge on any atom is -0.486 e. The first-order chi connectivity index (χ1) is 10.6. The number of amides is 2. The van der Waals surface area contributed by atoms with Crippen molar-refractivity contribution in [3.8, 4) is 11.5 Å². The molecule has 0 unspecified atom stereocenters. The lowest BCUT2D eigenvalue weighted by Gasteiger charge is -2.19. The molecule has 1 aliphatic heterocycles. The molecule has 2 N–H and O–H groups in total. The summed E-state index contributed by atoms with van der Waals surface area (Å²) in [7, 11) is 0. The minimum absolute atomic E-state index is 0.287. The van der Waals surface area contributed by atoms with Crippen LogP contribution < -0.4 is 20.1 Å². The van der Waals surface area contributed by atoms with E-state index < -0.39 is 0 Å². The van der Waals surface area contributed by atoms with Crippen molar-refractivity contribution in [1.82, 2.24) is 0 Å². The Morgan fingerprint density at radius 3 is 2.59 bits per heavy atom. The molecular formula is C17H18N2O3. The van der Waals surface area contributed by atoms with Crippen LogP contribution in [-0.4, -0.2) is 19.2 Å². The number of urea groups is 1. The summed E-state index contributed by atoms with van der Waals surface area (Å²) in [6, 6.07) is 10.9. The van der Waals surface area contributed by atoms with E-state index in [2.05, 4.69) is 10.6 Å². The maximum Gasteiger partial charge on any atom is 0.323 e. The Morgan fingerprint density at radius 1 is 1.00 bits per heavy atom. The maximum atomic E-state index is 12.1. The molecule has 1 heterocycles. The normalized spacial score (nSPS) is 12.6. The van der Waals surface area contributed by atoms with Crippen LogP contribution >= 0.6 is 0 Å². The number of fused-ring (bicyclic) bond motifs is 1. The molecule has 0 saturated heterocycles. The molecule has 1 aliphatic rings. The fourth-order valence-corrected chi connectivity index (χ4v) is 2.29. The van der Waals surface area contributed by atoms with Crippen molar-refractivity contribution < 1.29 is 14.3 Å². The number of aryl methyl sites for hydroxylation is 1. The Hall–Kier alpha value is -2.69. The highest BCUT2D eigenvalue weighted by molar-refractivity contribution is 6.00. The molecule has 2 aromatic carbocycles. The van der Waals surface area contributed by atoms with Crippen LogP contribution in [0.2, 0.25) is 0 Å². The van der Waals surface area contributed by atoms with E-state index in [1.54, 1.807) is 18.2 Å². The van der Waals surface area contributed by atoms with Gasteiger partial charge in [-0.25, -0.2) is 4.79 Å². The van der Waals surface area contributed by atoms with Gasteiger partial charge in [0, 0.05) is 17.4 Å². The van der Waals surface area contributed by atoms with Crippen LogP contribution in [0, 0.1) is 13.8 Å². The number of benzene rings is 2. The summed E-state index contributed by atoms with van der Waals surface area (Å²) < 4.78 is 11.0. The van der Waals surface area contributed by atoms with Gasteiger partial charge in [0.1, 0.15) is 13.2 Å². The van der Waals surface area contributed by atoms with E-state index in [4.69, 9.17) is 9.47 Å². The number of nitrogens with one attached hydrogen (secondary N) is 2. The van der Waals surface area contributed by atoms with Crippen LogP contribution in [0.5, 0.6) is 11.5 Å². The van der Waals surface area contributed by atoms with Crippen LogP contribution in [0.4, 0.5) is 16.2 Å². The minimum atomic E-state index is -0.287. The number of hydrogen-bond acceptors (Lipinski definition) is 3. The van der Waals surface area contributed by atoms with Crippen LogP contribution in [0.3, 0.4) is 0 Å². The van der Waals surface area contributed by atoms with E-state index in [1.165, 1.54) is 0 Å². The molecule has 0 saturated carbocycles. The van der Waals surface area contributed by atoms with Gasteiger partial charge >= 0.3 is 6.03 Å². The van der Waals surface area contributed by atoms with Gasteiger partial charge in [-0.1, -0.05) is 12.1 Å². The van der Waals surface area contributed by atoms with Gasteiger partial charge in [0.05, 0.1) is 0 Å². The second-order valence-electron chi connectivity index (χ2n) is 5.19. The monoisotopic (exact) mass is 298 g/mol. The SMILES string of the molecule is Cc1cccc(NC(=O)Nc2ccc3c(c2)OCCO3)c1C. The van der Waals surface area contributed by atoms with E-state index >= 15 is 0 Å². The molecule has 0 spiro atoms. The second kappa shape index (κ2) is 5.97. The summed E-state index contributed by atoms with van der Waals surface area (Å²) in [6.07, 6.45) is 0. The van der Waals surface area contributed by atoms with Gasteiger partial charge in [0.15, 0.2) is 11.5 Å². The van der Waals surface area contributed by atoms with E-state index in [0.29, 0.717) is 30.4 Å². The standard InChI is InChI=1S/C17H18N2O3/c1-11-4-3-5-14(12(11)2)19-17(20)18-13-6-7-15-16(10-13)22-9-8-21-15/h3-7,10H,8-9H2,1-2H3,(H2,18,19,20). The van der Waals surface area contributed by atoms with Crippen molar-refractivity contribution >= 4 is 17.4 Å². The molecule has 22 heavy (non-hydrogen) atoms. The number of rotatable bonds is 2. The van der Waals surface area contributed by atoms with Gasteiger partial charge in [-0.15, -0.1) is 0 Å². The van der Waals surface area contributed by atoms with Gasteiger partial charge in [-0.05, 0) is 43.2 Å². The summed E-state index contributed by atoms with van der Waals surface area (Å²) in [5.74, 6) is 1.35. The average molecular weight is 298 g/mol. The molecule has 0 radical (unpaired) electrons. The van der Waals surface area contributed by atoms with Crippen molar-refractivity contribution in [3.05, 3.63) is 47.5 Å². The number of hydrogen-bond donors (Lipinski definition) is 2. The summed E-state index contributed by atoms with van der Waals surface area (Å²) in [5, 5.41) is 5.66. The quantitative estimate of drug-likeness (QED) is 0.888. The molecular weight excluding hydrogens is 280 g/mol. The van der Waals surface area contributed by atoms with Crippen LogP contribution in [0.15, 0.2) is 36.4 Å². The van der Waals surface area contributed by atoms with Gasteiger partial charge in [0.25, 0.3) is 0 Å². The molecule has 0 atom stereocenters. The number of anilines is 2. The summed E-state index contributed by atoms with van der Waals surface area (Å²) >= 11 is 0. The van der Waals surface area contributed by atoms with Gasteiger partial charge in [0.2, 0.25) is 0 Å². The fourth-order valence-electron chi connectivity index (χ4n) is 2.29. The summed E-state index contributed by atoms with van der Waals surface area (Å²) in [6.45, 7) is 5.06. The zero-order chi connectivity index (χ0) is 15.5. The first kappa shape index (κ1) is 14.3. The Labute approximate surface area is 129 Å². The Balaban J connectivity index is 1.70. The van der Waals surface area contributed by atoms with Gasteiger partial charge in [-0.3, -0.25) is 0 Å². The number of carbonyl (C=O) groups excluding carboxylic acids is 1. The number of carbonyl (C=O) groups is 1. The predicted octanol–water partition coefficient (Wildman–Crippen LogP) is 3.72. The van der Waals surface area contributed by atoms with E-state index in [0.717, 1.165) is 16.8 Å². The van der Waals surface area contributed by atoms with E-state index in [-0.39, 0.29) is 6.03 Å². The van der Waals surface area contributed by atoms with Crippen molar-refractivity contribution in [3.63, 3.8) is 0 Å². The van der Waals surface area contributed by atoms with Gasteiger partial charge in [-0.2, -0.15) is 0 Å². The average Bonchev–Trinajstić information content (AvgIpc) is 2.52. The maximum absolute atomic E-state index is 12.1. The lowest BCUT2D eigenvalue weighted by Crippen LogP contribution is -2.20. The van der Waals surface area contributed by atoms with Gasteiger partial charge < -0.3 is 20.1 Å². The third-order valence-corrected chi connectivity index (χ3v) is 3.65. The smallest absolute Gasteiger partial charge is 0.323 e.